The van der Waals surface area contributed by atoms with Gasteiger partial charge in [0, 0.05) is 56.1 Å². The number of nitrogens with zero attached hydrogens (tertiary/aromatic N) is 7. The van der Waals surface area contributed by atoms with Crippen molar-refractivity contribution in [3.63, 3.8) is 0 Å². The molecular weight excluding hydrogens is 448 g/mol. The Bertz CT molecular complexity index is 1320. The lowest BCUT2D eigenvalue weighted by molar-refractivity contribution is -0.113. The smallest absolute Gasteiger partial charge is 0.255 e. The monoisotopic (exact) mass is 476 g/mol. The first-order valence-electron chi connectivity index (χ1n) is 11.3. The van der Waals surface area contributed by atoms with Crippen molar-refractivity contribution < 1.29 is 4.79 Å². The van der Waals surface area contributed by atoms with Crippen molar-refractivity contribution in [2.45, 2.75) is 6.92 Å². The molecule has 0 saturated carbocycles. The molecule has 7 N–H and O–H groups in total. The average Bonchev–Trinajstić information content (AvgIpc) is 3.30. The number of hydrogen-bond donors (Lipinski definition) is 5. The molecule has 0 aliphatic carbocycles. The molecule has 1 amide bonds. The molecule has 13 heteroatoms. The van der Waals surface area contributed by atoms with Gasteiger partial charge in [0.25, 0.3) is 5.91 Å². The summed E-state index contributed by atoms with van der Waals surface area (Å²) >= 11 is 0. The molecule has 5 rings (SSSR count). The van der Waals surface area contributed by atoms with Crippen LogP contribution in [0.1, 0.15) is 6.92 Å². The van der Waals surface area contributed by atoms with Crippen LogP contribution in [0.3, 0.4) is 0 Å². The van der Waals surface area contributed by atoms with Crippen molar-refractivity contribution in [3.05, 3.63) is 41.9 Å². The number of amides is 1. The molecule has 3 aromatic rings. The fourth-order valence-corrected chi connectivity index (χ4v) is 4.33. The third kappa shape index (κ3) is 4.22. The maximum Gasteiger partial charge on any atom is 0.255 e. The number of aromatic nitrogens is 4. The molecule has 4 heterocycles. The van der Waals surface area contributed by atoms with E-state index >= 15 is 0 Å². The Hall–Kier alpha value is -4.23. The van der Waals surface area contributed by atoms with Crippen LogP contribution in [0.4, 0.5) is 11.5 Å². The number of nitrogens with two attached hydrogens (primary N) is 2. The number of aromatic amines is 1. The summed E-state index contributed by atoms with van der Waals surface area (Å²) < 4.78 is 0. The highest BCUT2D eigenvalue weighted by atomic mass is 16.1. The van der Waals surface area contributed by atoms with Crippen molar-refractivity contribution in [2.24, 2.45) is 16.8 Å². The Balaban J connectivity index is 1.42. The quantitative estimate of drug-likeness (QED) is 0.255. The minimum atomic E-state index is -0.256. The number of benzene rings is 1. The number of guanidine groups is 1. The second-order valence-corrected chi connectivity index (χ2v) is 8.47. The van der Waals surface area contributed by atoms with Crippen molar-refractivity contribution in [2.75, 3.05) is 50.0 Å². The number of piperazine rings is 1. The highest BCUT2D eigenvalue weighted by Crippen LogP contribution is 2.29. The van der Waals surface area contributed by atoms with Gasteiger partial charge in [0.15, 0.2) is 0 Å². The molecular formula is C22H28N12O. The van der Waals surface area contributed by atoms with Gasteiger partial charge < -0.3 is 26.3 Å². The number of hydrogen-bond acceptors (Lipinski definition) is 9. The van der Waals surface area contributed by atoms with E-state index in [9.17, 15) is 4.79 Å². The second kappa shape index (κ2) is 9.19. The summed E-state index contributed by atoms with van der Waals surface area (Å²) in [4.78, 5) is 25.9. The topological polar surface area (TPSA) is 170 Å². The highest BCUT2D eigenvalue weighted by Gasteiger charge is 2.28. The maximum absolute atomic E-state index is 13.1. The molecule has 0 atom stereocenters. The molecule has 1 aromatic carbocycles. The zero-order chi connectivity index (χ0) is 24.5. The van der Waals surface area contributed by atoms with Crippen LogP contribution in [-0.4, -0.2) is 81.7 Å². The first-order valence-corrected chi connectivity index (χ1v) is 11.3. The molecule has 35 heavy (non-hydrogen) atoms. The van der Waals surface area contributed by atoms with E-state index < -0.39 is 0 Å². The number of rotatable bonds is 4. The lowest BCUT2D eigenvalue weighted by atomic mass is 10.1. The van der Waals surface area contributed by atoms with Gasteiger partial charge in [-0.25, -0.2) is 15.8 Å². The summed E-state index contributed by atoms with van der Waals surface area (Å²) in [7, 11) is 1.76. The summed E-state index contributed by atoms with van der Waals surface area (Å²) in [6, 6.07) is 7.53. The molecule has 0 unspecified atom stereocenters. The van der Waals surface area contributed by atoms with Gasteiger partial charge in [0.05, 0.1) is 23.3 Å². The SMILES string of the molecule is CC1=C(C(=O)Nc2ccc3[nH]nc(-c4cc(N5CCNCC5)ncn4)c3c2)CN(N)/C(=N\N)N1C. The van der Waals surface area contributed by atoms with E-state index in [1.807, 2.05) is 31.2 Å². The van der Waals surface area contributed by atoms with Crippen LogP contribution in [0.15, 0.2) is 47.0 Å². The molecule has 2 aliphatic rings. The second-order valence-electron chi connectivity index (χ2n) is 8.47. The van der Waals surface area contributed by atoms with Gasteiger partial charge in [0.2, 0.25) is 5.96 Å². The Morgan fingerprint density at radius 2 is 2.00 bits per heavy atom. The summed E-state index contributed by atoms with van der Waals surface area (Å²) in [5, 5.41) is 19.7. The van der Waals surface area contributed by atoms with Gasteiger partial charge in [0.1, 0.15) is 17.8 Å². The van der Waals surface area contributed by atoms with Crippen LogP contribution < -0.4 is 27.2 Å². The number of allylic oxidation sites excluding steroid dienone is 1. The maximum atomic E-state index is 13.1. The molecule has 1 saturated heterocycles. The Morgan fingerprint density at radius 1 is 1.20 bits per heavy atom. The van der Waals surface area contributed by atoms with Crippen LogP contribution in [0.2, 0.25) is 0 Å². The first kappa shape index (κ1) is 22.6. The first-order chi connectivity index (χ1) is 17.0. The van der Waals surface area contributed by atoms with E-state index in [-0.39, 0.29) is 12.5 Å². The third-order valence-corrected chi connectivity index (χ3v) is 6.37. The van der Waals surface area contributed by atoms with Crippen LogP contribution in [0.25, 0.3) is 22.3 Å². The number of fused-ring (bicyclic) bond motifs is 1. The lowest BCUT2D eigenvalue weighted by Gasteiger charge is -2.35. The lowest BCUT2D eigenvalue weighted by Crippen LogP contribution is -2.52. The van der Waals surface area contributed by atoms with Gasteiger partial charge in [-0.05, 0) is 25.1 Å². The molecule has 2 aliphatic heterocycles. The van der Waals surface area contributed by atoms with Crippen molar-refractivity contribution in [1.29, 1.82) is 0 Å². The van der Waals surface area contributed by atoms with E-state index in [1.54, 1.807) is 18.3 Å². The zero-order valence-corrected chi connectivity index (χ0v) is 19.6. The van der Waals surface area contributed by atoms with E-state index in [4.69, 9.17) is 11.7 Å². The average molecular weight is 477 g/mol. The minimum absolute atomic E-state index is 0.187. The predicted molar refractivity (Wildman–Crippen MR) is 134 cm³/mol. The molecule has 0 spiro atoms. The van der Waals surface area contributed by atoms with Crippen LogP contribution in [0.5, 0.6) is 0 Å². The Labute approximate surface area is 201 Å². The fourth-order valence-electron chi connectivity index (χ4n) is 4.33. The fraction of sp³-hybridized carbons (Fsp3) is 0.318. The van der Waals surface area contributed by atoms with Gasteiger partial charge in [-0.2, -0.15) is 5.10 Å². The number of hydrazone groups is 1. The summed E-state index contributed by atoms with van der Waals surface area (Å²) in [5.74, 6) is 12.4. The predicted octanol–water partition coefficient (Wildman–Crippen LogP) is -0.00720. The number of carbonyl (C=O) groups excluding carboxylic acids is 1. The number of carbonyl (C=O) groups is 1. The Kier molecular flexibility index (Phi) is 5.93. The van der Waals surface area contributed by atoms with Crippen LogP contribution in [0, 0.1) is 0 Å². The molecule has 0 bridgehead atoms. The van der Waals surface area contributed by atoms with E-state index in [0.717, 1.165) is 48.6 Å². The zero-order valence-electron chi connectivity index (χ0n) is 19.6. The molecule has 182 valence electrons. The van der Waals surface area contributed by atoms with E-state index in [0.29, 0.717) is 28.6 Å². The highest BCUT2D eigenvalue weighted by molar-refractivity contribution is 6.07. The number of H-pyrrole nitrogens is 1. The van der Waals surface area contributed by atoms with Crippen LogP contribution >= 0.6 is 0 Å². The minimum Gasteiger partial charge on any atom is -0.354 e. The van der Waals surface area contributed by atoms with Crippen LogP contribution in [-0.2, 0) is 4.79 Å². The van der Waals surface area contributed by atoms with Crippen molar-refractivity contribution in [3.8, 4) is 11.4 Å². The molecule has 0 radical (unpaired) electrons. The Morgan fingerprint density at radius 3 is 2.77 bits per heavy atom. The van der Waals surface area contributed by atoms with Gasteiger partial charge >= 0.3 is 0 Å². The molecule has 13 nitrogen and oxygen atoms in total. The van der Waals surface area contributed by atoms with E-state index in [2.05, 4.69) is 40.8 Å². The summed E-state index contributed by atoms with van der Waals surface area (Å²) in [5.41, 5.74) is 4.12. The number of nitrogens with one attached hydrogen (secondary N) is 3. The van der Waals surface area contributed by atoms with Crippen molar-refractivity contribution in [1.82, 2.24) is 35.4 Å². The molecule has 1 fully saturated rings. The summed E-state index contributed by atoms with van der Waals surface area (Å²) in [6.07, 6.45) is 1.56. The van der Waals surface area contributed by atoms with Crippen molar-refractivity contribution >= 4 is 34.3 Å². The van der Waals surface area contributed by atoms with Gasteiger partial charge in [-0.15, -0.1) is 5.10 Å². The van der Waals surface area contributed by atoms with E-state index in [1.165, 1.54) is 5.01 Å². The third-order valence-electron chi connectivity index (χ3n) is 6.37. The largest absolute Gasteiger partial charge is 0.354 e. The summed E-state index contributed by atoms with van der Waals surface area (Å²) in [6.45, 7) is 5.63. The normalized spacial score (nSPS) is 18.0. The number of hydrazine groups is 1. The number of anilines is 2. The standard InChI is InChI=1S/C22H28N12O/c1-13-16(11-34(24)22(29-23)32(13)2)21(35)28-14-3-4-17-15(9-14)20(31-30-17)18-10-19(27-12-26-18)33-7-5-25-6-8-33/h3-4,9-10,12,25H,5-8,11,23-24H2,1-2H3,(H,28,35)(H,30,31)/b29-22-. The van der Waals surface area contributed by atoms with Gasteiger partial charge in [-0.3, -0.25) is 14.9 Å². The van der Waals surface area contributed by atoms with Gasteiger partial charge in [-0.1, -0.05) is 0 Å². The molecule has 2 aromatic heterocycles.